The molecule has 0 fully saturated rings. The fourth-order valence-corrected chi connectivity index (χ4v) is 1.99. The van der Waals surface area contributed by atoms with E-state index in [0.717, 1.165) is 17.6 Å². The van der Waals surface area contributed by atoms with E-state index in [-0.39, 0.29) is 5.91 Å². The summed E-state index contributed by atoms with van der Waals surface area (Å²) in [6, 6.07) is 11.1. The van der Waals surface area contributed by atoms with E-state index in [9.17, 15) is 9.59 Å². The highest BCUT2D eigenvalue weighted by molar-refractivity contribution is 5.76. The number of nitrogens with one attached hydrogen (secondary N) is 1. The van der Waals surface area contributed by atoms with Crippen LogP contribution in [-0.2, 0) is 17.9 Å². The molecule has 0 saturated heterocycles. The normalized spacial score (nSPS) is 10.1. The van der Waals surface area contributed by atoms with Crippen LogP contribution in [0.2, 0.25) is 0 Å². The van der Waals surface area contributed by atoms with Crippen molar-refractivity contribution in [3.63, 3.8) is 0 Å². The number of hydrogen-bond acceptors (Lipinski definition) is 3. The van der Waals surface area contributed by atoms with Crippen LogP contribution in [0.5, 0.6) is 5.75 Å². The fourth-order valence-electron chi connectivity index (χ4n) is 1.99. The van der Waals surface area contributed by atoms with E-state index in [0.29, 0.717) is 25.2 Å². The Hall–Kier alpha value is -2.56. The van der Waals surface area contributed by atoms with Crippen molar-refractivity contribution in [2.75, 3.05) is 7.11 Å². The molecule has 1 heterocycles. The molecule has 0 aliphatic rings. The summed E-state index contributed by atoms with van der Waals surface area (Å²) in [5.74, 6) is 0.746. The number of amides is 1. The summed E-state index contributed by atoms with van der Waals surface area (Å²) in [6.07, 6.45) is 2.92. The first kappa shape index (κ1) is 14.8. The minimum Gasteiger partial charge on any atom is -0.497 e. The van der Waals surface area contributed by atoms with Gasteiger partial charge in [0.05, 0.1) is 12.8 Å². The Kier molecular flexibility index (Phi) is 5.15. The summed E-state index contributed by atoms with van der Waals surface area (Å²) in [5.41, 5.74) is 1.59. The second-order valence-corrected chi connectivity index (χ2v) is 4.62. The van der Waals surface area contributed by atoms with Gasteiger partial charge in [0, 0.05) is 25.7 Å². The Morgan fingerprint density at radius 3 is 2.71 bits per heavy atom. The number of aldehydes is 1. The molecule has 2 aromatic rings. The van der Waals surface area contributed by atoms with Crippen LogP contribution in [0.3, 0.4) is 0 Å². The molecule has 1 aromatic heterocycles. The van der Waals surface area contributed by atoms with E-state index in [2.05, 4.69) is 5.32 Å². The van der Waals surface area contributed by atoms with Crippen LogP contribution in [-0.4, -0.2) is 23.9 Å². The van der Waals surface area contributed by atoms with E-state index in [4.69, 9.17) is 4.74 Å². The van der Waals surface area contributed by atoms with Gasteiger partial charge in [0.15, 0.2) is 6.29 Å². The standard InChI is InChI=1S/C16H18N2O3/c1-21-15-6-4-13(5-7-15)11-17-16(20)8-10-18-9-2-3-14(18)12-19/h2-7,9,12H,8,10-11H2,1H3,(H,17,20). The van der Waals surface area contributed by atoms with Crippen molar-refractivity contribution in [3.05, 3.63) is 53.9 Å². The smallest absolute Gasteiger partial charge is 0.222 e. The van der Waals surface area contributed by atoms with Gasteiger partial charge < -0.3 is 14.6 Å². The Morgan fingerprint density at radius 2 is 2.05 bits per heavy atom. The van der Waals surface area contributed by atoms with Crippen molar-refractivity contribution in [2.45, 2.75) is 19.5 Å². The third-order valence-corrected chi connectivity index (χ3v) is 3.21. The van der Waals surface area contributed by atoms with Crippen LogP contribution in [0, 0.1) is 0 Å². The molecule has 0 unspecified atom stereocenters. The lowest BCUT2D eigenvalue weighted by atomic mass is 10.2. The number of aryl methyl sites for hydroxylation is 1. The predicted molar refractivity (Wildman–Crippen MR) is 79.3 cm³/mol. The molecule has 21 heavy (non-hydrogen) atoms. The van der Waals surface area contributed by atoms with Crippen molar-refractivity contribution < 1.29 is 14.3 Å². The molecule has 110 valence electrons. The molecule has 0 radical (unpaired) electrons. The molecular formula is C16H18N2O3. The maximum absolute atomic E-state index is 11.8. The van der Waals surface area contributed by atoms with Crippen LogP contribution in [0.4, 0.5) is 0 Å². The van der Waals surface area contributed by atoms with Crippen molar-refractivity contribution in [1.29, 1.82) is 0 Å². The molecule has 5 heteroatoms. The van der Waals surface area contributed by atoms with Crippen molar-refractivity contribution in [2.24, 2.45) is 0 Å². The summed E-state index contributed by atoms with van der Waals surface area (Å²) in [4.78, 5) is 22.6. The van der Waals surface area contributed by atoms with Gasteiger partial charge in [-0.05, 0) is 29.8 Å². The number of nitrogens with zero attached hydrogens (tertiary/aromatic N) is 1. The predicted octanol–water partition coefficient (Wildman–Crippen LogP) is 2.02. The first-order valence-corrected chi connectivity index (χ1v) is 6.73. The number of carbonyl (C=O) groups excluding carboxylic acids is 2. The SMILES string of the molecule is COc1ccc(CNC(=O)CCn2cccc2C=O)cc1. The number of carbonyl (C=O) groups is 2. The molecule has 5 nitrogen and oxygen atoms in total. The fraction of sp³-hybridized carbons (Fsp3) is 0.250. The number of hydrogen-bond donors (Lipinski definition) is 1. The summed E-state index contributed by atoms with van der Waals surface area (Å²) < 4.78 is 6.84. The largest absolute Gasteiger partial charge is 0.497 e. The van der Waals surface area contributed by atoms with Crippen molar-refractivity contribution in [1.82, 2.24) is 9.88 Å². The highest BCUT2D eigenvalue weighted by atomic mass is 16.5. The molecule has 2 rings (SSSR count). The van der Waals surface area contributed by atoms with Crippen LogP contribution in [0.15, 0.2) is 42.6 Å². The second kappa shape index (κ2) is 7.28. The maximum atomic E-state index is 11.8. The lowest BCUT2D eigenvalue weighted by Gasteiger charge is -2.08. The third-order valence-electron chi connectivity index (χ3n) is 3.21. The van der Waals surface area contributed by atoms with E-state index in [1.807, 2.05) is 24.3 Å². The quantitative estimate of drug-likeness (QED) is 0.792. The molecule has 1 amide bonds. The van der Waals surface area contributed by atoms with Crippen LogP contribution < -0.4 is 10.1 Å². The number of ether oxygens (including phenoxy) is 1. The number of methoxy groups -OCH3 is 1. The van der Waals surface area contributed by atoms with Gasteiger partial charge >= 0.3 is 0 Å². The van der Waals surface area contributed by atoms with Crippen LogP contribution in [0.1, 0.15) is 22.5 Å². The second-order valence-electron chi connectivity index (χ2n) is 4.62. The lowest BCUT2D eigenvalue weighted by molar-refractivity contribution is -0.121. The molecule has 1 aromatic carbocycles. The average Bonchev–Trinajstić information content (AvgIpc) is 2.99. The molecule has 0 bridgehead atoms. The zero-order chi connectivity index (χ0) is 15.1. The van der Waals surface area contributed by atoms with Crippen LogP contribution >= 0.6 is 0 Å². The first-order chi connectivity index (χ1) is 10.2. The number of aromatic nitrogens is 1. The van der Waals surface area contributed by atoms with E-state index in [1.54, 1.807) is 30.0 Å². The zero-order valence-corrected chi connectivity index (χ0v) is 11.9. The van der Waals surface area contributed by atoms with Gasteiger partial charge in [0.1, 0.15) is 5.75 Å². The molecule has 0 atom stereocenters. The van der Waals surface area contributed by atoms with E-state index >= 15 is 0 Å². The van der Waals surface area contributed by atoms with Gasteiger partial charge in [-0.25, -0.2) is 0 Å². The van der Waals surface area contributed by atoms with Crippen molar-refractivity contribution in [3.8, 4) is 5.75 Å². The highest BCUT2D eigenvalue weighted by Gasteiger charge is 2.04. The average molecular weight is 286 g/mol. The Morgan fingerprint density at radius 1 is 1.29 bits per heavy atom. The molecule has 0 aliphatic heterocycles. The van der Waals surface area contributed by atoms with Gasteiger partial charge in [-0.15, -0.1) is 0 Å². The van der Waals surface area contributed by atoms with E-state index in [1.165, 1.54) is 0 Å². The van der Waals surface area contributed by atoms with E-state index < -0.39 is 0 Å². The van der Waals surface area contributed by atoms with Crippen molar-refractivity contribution >= 4 is 12.2 Å². The Bertz CT molecular complexity index is 602. The Balaban J connectivity index is 1.78. The minimum absolute atomic E-state index is 0.0450. The summed E-state index contributed by atoms with van der Waals surface area (Å²) >= 11 is 0. The van der Waals surface area contributed by atoms with Gasteiger partial charge in [-0.1, -0.05) is 12.1 Å². The lowest BCUT2D eigenvalue weighted by Crippen LogP contribution is -2.24. The molecule has 1 N–H and O–H groups in total. The first-order valence-electron chi connectivity index (χ1n) is 6.73. The highest BCUT2D eigenvalue weighted by Crippen LogP contribution is 2.11. The zero-order valence-electron chi connectivity index (χ0n) is 11.9. The summed E-state index contributed by atoms with van der Waals surface area (Å²) in [5, 5.41) is 2.85. The van der Waals surface area contributed by atoms with Gasteiger partial charge in [0.2, 0.25) is 5.91 Å². The monoisotopic (exact) mass is 286 g/mol. The van der Waals surface area contributed by atoms with Crippen LogP contribution in [0.25, 0.3) is 0 Å². The van der Waals surface area contributed by atoms with Gasteiger partial charge in [-0.3, -0.25) is 9.59 Å². The van der Waals surface area contributed by atoms with Gasteiger partial charge in [-0.2, -0.15) is 0 Å². The summed E-state index contributed by atoms with van der Waals surface area (Å²) in [7, 11) is 1.62. The number of benzene rings is 1. The molecule has 0 saturated carbocycles. The Labute approximate surface area is 123 Å². The third kappa shape index (κ3) is 4.21. The summed E-state index contributed by atoms with van der Waals surface area (Å²) in [6.45, 7) is 0.977. The molecule has 0 aliphatic carbocycles. The maximum Gasteiger partial charge on any atom is 0.222 e. The van der Waals surface area contributed by atoms with Gasteiger partial charge in [0.25, 0.3) is 0 Å². The minimum atomic E-state index is -0.0450. The number of rotatable bonds is 7. The molecule has 0 spiro atoms. The topological polar surface area (TPSA) is 60.3 Å². The molecular weight excluding hydrogens is 268 g/mol.